The van der Waals surface area contributed by atoms with Crippen LogP contribution in [-0.4, -0.2) is 42.4 Å². The topological polar surface area (TPSA) is 46.4 Å². The Morgan fingerprint density at radius 1 is 1.18 bits per heavy atom. The van der Waals surface area contributed by atoms with Crippen molar-refractivity contribution < 1.29 is 14.3 Å². The number of rotatable bonds is 3. The van der Waals surface area contributed by atoms with E-state index < -0.39 is 0 Å². The van der Waals surface area contributed by atoms with E-state index in [1.54, 1.807) is 0 Å². The third kappa shape index (κ3) is 2.81. The SMILES string of the molecule is CC(=O)OC1CC[C@@]2(C)C(=CC[C@@H]3[C@@H]2CC[C@]2(C)C(=O)C(CN4CC4)C[C@@H]32)C1. The molecule has 4 nitrogen and oxygen atoms in total. The van der Waals surface area contributed by atoms with Gasteiger partial charge in [0.1, 0.15) is 11.9 Å². The second kappa shape index (κ2) is 6.42. The first kappa shape index (κ1) is 18.8. The zero-order chi connectivity index (χ0) is 19.7. The van der Waals surface area contributed by atoms with E-state index in [4.69, 9.17) is 4.74 Å². The van der Waals surface area contributed by atoms with E-state index in [9.17, 15) is 9.59 Å². The average molecular weight is 386 g/mol. The molecule has 0 spiro atoms. The Morgan fingerprint density at radius 3 is 2.64 bits per heavy atom. The standard InChI is InChI=1S/C24H35NO3/c1-15(26)28-18-6-8-23(2)17(13-18)4-5-19-20(23)7-9-24(3)21(19)12-16(22(24)27)14-25-10-11-25/h4,16,18-21H,5-14H2,1-3H3/t16?,18?,19-,20+,21+,23+,24+/m1/s1. The number of ketones is 1. The molecule has 0 aromatic carbocycles. The number of hydrogen-bond acceptors (Lipinski definition) is 4. The minimum Gasteiger partial charge on any atom is -0.462 e. The molecule has 5 rings (SSSR count). The van der Waals surface area contributed by atoms with Crippen LogP contribution in [0.1, 0.15) is 65.7 Å². The molecular formula is C24H35NO3. The van der Waals surface area contributed by atoms with E-state index in [0.29, 0.717) is 23.5 Å². The summed E-state index contributed by atoms with van der Waals surface area (Å²) >= 11 is 0. The largest absolute Gasteiger partial charge is 0.462 e. The Morgan fingerprint density at radius 2 is 1.93 bits per heavy atom. The highest BCUT2D eigenvalue weighted by Gasteiger charge is 2.61. The maximum absolute atomic E-state index is 13.3. The van der Waals surface area contributed by atoms with Crippen LogP contribution in [0.3, 0.4) is 0 Å². The second-order valence-corrected chi connectivity index (χ2v) is 10.8. The van der Waals surface area contributed by atoms with Crippen LogP contribution in [0.15, 0.2) is 11.6 Å². The molecule has 0 N–H and O–H groups in total. The molecule has 7 atom stereocenters. The fraction of sp³-hybridized carbons (Fsp3) is 0.833. The maximum atomic E-state index is 13.3. The second-order valence-electron chi connectivity index (χ2n) is 10.8. The Balaban J connectivity index is 1.38. The number of carbonyl (C=O) groups excluding carboxylic acids is 2. The summed E-state index contributed by atoms with van der Waals surface area (Å²) in [5, 5.41) is 0. The van der Waals surface area contributed by atoms with Crippen molar-refractivity contribution in [2.45, 2.75) is 71.8 Å². The van der Waals surface area contributed by atoms with Crippen molar-refractivity contribution in [3.8, 4) is 0 Å². The molecule has 0 radical (unpaired) electrons. The normalized spacial score (nSPS) is 47.6. The quantitative estimate of drug-likeness (QED) is 0.419. The predicted octanol–water partition coefficient (Wildman–Crippen LogP) is 3.99. The van der Waals surface area contributed by atoms with Crippen LogP contribution in [-0.2, 0) is 14.3 Å². The molecule has 4 fully saturated rings. The van der Waals surface area contributed by atoms with Gasteiger partial charge in [-0.2, -0.15) is 0 Å². The number of carbonyl (C=O) groups is 2. The minimum absolute atomic E-state index is 0.0623. The monoisotopic (exact) mass is 385 g/mol. The summed E-state index contributed by atoms with van der Waals surface area (Å²) < 4.78 is 5.55. The van der Waals surface area contributed by atoms with E-state index in [1.807, 2.05) is 0 Å². The van der Waals surface area contributed by atoms with Crippen LogP contribution in [0.4, 0.5) is 0 Å². The summed E-state index contributed by atoms with van der Waals surface area (Å²) in [6.45, 7) is 9.65. The van der Waals surface area contributed by atoms with Gasteiger partial charge in [-0.05, 0) is 61.7 Å². The highest BCUT2D eigenvalue weighted by Crippen LogP contribution is 2.64. The fourth-order valence-electron chi connectivity index (χ4n) is 7.63. The molecule has 1 saturated heterocycles. The summed E-state index contributed by atoms with van der Waals surface area (Å²) in [6, 6.07) is 0. The van der Waals surface area contributed by atoms with Gasteiger partial charge in [-0.3, -0.25) is 9.59 Å². The zero-order valence-corrected chi connectivity index (χ0v) is 17.7. The first-order valence-corrected chi connectivity index (χ1v) is 11.4. The Labute approximate surface area is 169 Å². The summed E-state index contributed by atoms with van der Waals surface area (Å²) in [5.74, 6) is 2.59. The molecule has 3 saturated carbocycles. The summed E-state index contributed by atoms with van der Waals surface area (Å²) in [5.41, 5.74) is 1.68. The molecule has 4 aliphatic carbocycles. The Hall–Kier alpha value is -1.16. The molecule has 2 unspecified atom stereocenters. The molecule has 28 heavy (non-hydrogen) atoms. The van der Waals surface area contributed by atoms with Gasteiger partial charge in [-0.25, -0.2) is 0 Å². The Kier molecular flexibility index (Phi) is 4.32. The van der Waals surface area contributed by atoms with Crippen molar-refractivity contribution in [3.63, 3.8) is 0 Å². The maximum Gasteiger partial charge on any atom is 0.302 e. The molecule has 4 heteroatoms. The van der Waals surface area contributed by atoms with Crippen LogP contribution < -0.4 is 0 Å². The third-order valence-corrected chi connectivity index (χ3v) is 9.27. The number of hydrogen-bond donors (Lipinski definition) is 0. The highest BCUT2D eigenvalue weighted by molar-refractivity contribution is 5.89. The van der Waals surface area contributed by atoms with Gasteiger partial charge >= 0.3 is 5.97 Å². The van der Waals surface area contributed by atoms with E-state index >= 15 is 0 Å². The lowest BCUT2D eigenvalue weighted by Gasteiger charge is -2.56. The van der Waals surface area contributed by atoms with Crippen molar-refractivity contribution in [3.05, 3.63) is 11.6 Å². The first-order valence-electron chi connectivity index (χ1n) is 11.4. The van der Waals surface area contributed by atoms with E-state index in [0.717, 1.165) is 45.1 Å². The summed E-state index contributed by atoms with van der Waals surface area (Å²) in [6.07, 6.45) is 10.0. The molecule has 0 bridgehead atoms. The van der Waals surface area contributed by atoms with Gasteiger partial charge in [0.05, 0.1) is 0 Å². The molecule has 0 amide bonds. The molecule has 154 valence electrons. The van der Waals surface area contributed by atoms with E-state index in [-0.39, 0.29) is 28.8 Å². The molecule has 5 aliphatic rings. The van der Waals surface area contributed by atoms with Crippen LogP contribution in [0.25, 0.3) is 0 Å². The molecular weight excluding hydrogens is 350 g/mol. The molecule has 0 aromatic heterocycles. The van der Waals surface area contributed by atoms with Crippen LogP contribution in [0.5, 0.6) is 0 Å². The number of allylic oxidation sites excluding steroid dienone is 1. The van der Waals surface area contributed by atoms with Gasteiger partial charge in [0.15, 0.2) is 0 Å². The third-order valence-electron chi connectivity index (χ3n) is 9.27. The van der Waals surface area contributed by atoms with Crippen molar-refractivity contribution in [2.75, 3.05) is 19.6 Å². The predicted molar refractivity (Wildman–Crippen MR) is 108 cm³/mol. The Bertz CT molecular complexity index is 725. The lowest BCUT2D eigenvalue weighted by atomic mass is 9.48. The molecule has 0 aromatic rings. The van der Waals surface area contributed by atoms with Crippen molar-refractivity contribution in [2.24, 2.45) is 34.5 Å². The van der Waals surface area contributed by atoms with Gasteiger partial charge in [0, 0.05) is 44.3 Å². The van der Waals surface area contributed by atoms with Crippen molar-refractivity contribution >= 4 is 11.8 Å². The first-order chi connectivity index (χ1) is 13.3. The number of esters is 1. The van der Waals surface area contributed by atoms with Gasteiger partial charge in [0.2, 0.25) is 0 Å². The van der Waals surface area contributed by atoms with Crippen LogP contribution >= 0.6 is 0 Å². The van der Waals surface area contributed by atoms with Crippen molar-refractivity contribution in [1.29, 1.82) is 0 Å². The number of nitrogens with zero attached hydrogens (tertiary/aromatic N) is 1. The summed E-state index contributed by atoms with van der Waals surface area (Å²) in [7, 11) is 0. The lowest BCUT2D eigenvalue weighted by molar-refractivity contribution is -0.148. The van der Waals surface area contributed by atoms with Crippen LogP contribution in [0.2, 0.25) is 0 Å². The van der Waals surface area contributed by atoms with E-state index in [2.05, 4.69) is 24.8 Å². The minimum atomic E-state index is -0.154. The average Bonchev–Trinajstić information content (AvgIpc) is 3.42. The molecule has 1 heterocycles. The number of ether oxygens (including phenoxy) is 1. The van der Waals surface area contributed by atoms with Gasteiger partial charge in [0.25, 0.3) is 0 Å². The fourth-order valence-corrected chi connectivity index (χ4v) is 7.63. The lowest BCUT2D eigenvalue weighted by Crippen LogP contribution is -2.50. The van der Waals surface area contributed by atoms with Gasteiger partial charge in [-0.15, -0.1) is 0 Å². The van der Waals surface area contributed by atoms with Gasteiger partial charge in [-0.1, -0.05) is 25.5 Å². The van der Waals surface area contributed by atoms with Gasteiger partial charge < -0.3 is 9.64 Å². The smallest absolute Gasteiger partial charge is 0.302 e. The highest BCUT2D eigenvalue weighted by atomic mass is 16.5. The van der Waals surface area contributed by atoms with Crippen molar-refractivity contribution in [1.82, 2.24) is 4.90 Å². The van der Waals surface area contributed by atoms with E-state index in [1.165, 1.54) is 32.0 Å². The number of fused-ring (bicyclic) bond motifs is 5. The molecule has 1 aliphatic heterocycles. The zero-order valence-electron chi connectivity index (χ0n) is 17.7. The van der Waals surface area contributed by atoms with Crippen LogP contribution in [0, 0.1) is 34.5 Å². The number of Topliss-reactive ketones (excluding diaryl/α,β-unsaturated/α-hetero) is 1. The summed E-state index contributed by atoms with van der Waals surface area (Å²) in [4.78, 5) is 27.2.